The Morgan fingerprint density at radius 1 is 1.38 bits per heavy atom. The molecule has 0 spiro atoms. The van der Waals surface area contributed by atoms with Crippen molar-refractivity contribution in [2.75, 3.05) is 12.5 Å². The lowest BCUT2D eigenvalue weighted by atomic mass is 10.4. The molecular weight excluding hydrogens is 230 g/mol. The van der Waals surface area contributed by atoms with Crippen LogP contribution in [0.1, 0.15) is 13.8 Å². The van der Waals surface area contributed by atoms with Gasteiger partial charge < -0.3 is 0 Å². The molecule has 1 aromatic rings. The first-order valence-electron chi connectivity index (χ1n) is 4.66. The van der Waals surface area contributed by atoms with Gasteiger partial charge in [-0.15, -0.1) is 0 Å². The molecule has 0 unspecified atom stereocenters. The zero-order chi connectivity index (χ0) is 12.3. The average molecular weight is 245 g/mol. The Balaban J connectivity index is 3.08. The van der Waals surface area contributed by atoms with Crippen molar-refractivity contribution in [3.63, 3.8) is 0 Å². The molecule has 3 N–H and O–H groups in total. The lowest BCUT2D eigenvalue weighted by Crippen LogP contribution is -2.33. The molecule has 1 rings (SSSR count). The van der Waals surface area contributed by atoms with E-state index in [4.69, 9.17) is 5.84 Å². The van der Waals surface area contributed by atoms with Gasteiger partial charge >= 0.3 is 0 Å². The molecule has 0 aliphatic carbocycles. The Hall–Kier alpha value is -1.25. The second-order valence-corrected chi connectivity index (χ2v) is 5.50. The van der Waals surface area contributed by atoms with Gasteiger partial charge in [-0.25, -0.2) is 24.2 Å². The molecule has 0 aliphatic rings. The van der Waals surface area contributed by atoms with E-state index in [9.17, 15) is 8.42 Å². The predicted molar refractivity (Wildman–Crippen MR) is 59.9 cm³/mol. The van der Waals surface area contributed by atoms with Crippen LogP contribution in [0.25, 0.3) is 0 Å². The third-order valence-corrected chi connectivity index (χ3v) is 4.15. The zero-order valence-electron chi connectivity index (χ0n) is 9.38. The molecule has 0 fully saturated rings. The number of nitrogen functional groups attached to an aromatic ring is 1. The quantitative estimate of drug-likeness (QED) is 0.562. The van der Waals surface area contributed by atoms with Gasteiger partial charge in [0.2, 0.25) is 16.0 Å². The number of rotatable bonds is 4. The van der Waals surface area contributed by atoms with E-state index >= 15 is 0 Å². The van der Waals surface area contributed by atoms with Crippen molar-refractivity contribution in [1.82, 2.24) is 14.3 Å². The number of nitrogens with zero attached hydrogens (tertiary/aromatic N) is 3. The monoisotopic (exact) mass is 245 g/mol. The van der Waals surface area contributed by atoms with E-state index < -0.39 is 10.0 Å². The van der Waals surface area contributed by atoms with Gasteiger partial charge in [-0.05, 0) is 13.8 Å². The van der Waals surface area contributed by atoms with Crippen molar-refractivity contribution in [2.24, 2.45) is 5.84 Å². The Morgan fingerprint density at radius 2 is 1.88 bits per heavy atom. The normalized spacial score (nSPS) is 12.1. The van der Waals surface area contributed by atoms with E-state index in [0.717, 1.165) is 0 Å². The van der Waals surface area contributed by atoms with Crippen LogP contribution in [0.4, 0.5) is 5.95 Å². The lowest BCUT2D eigenvalue weighted by Gasteiger charge is -2.20. The number of nitrogens with one attached hydrogen (secondary N) is 1. The van der Waals surface area contributed by atoms with Crippen molar-refractivity contribution in [2.45, 2.75) is 24.8 Å². The number of anilines is 1. The summed E-state index contributed by atoms with van der Waals surface area (Å²) in [6, 6.07) is -0.127. The molecule has 0 saturated carbocycles. The van der Waals surface area contributed by atoms with Gasteiger partial charge in [-0.2, -0.15) is 4.31 Å². The van der Waals surface area contributed by atoms with Gasteiger partial charge in [0.25, 0.3) is 0 Å². The average Bonchev–Trinajstić information content (AvgIpc) is 2.28. The van der Waals surface area contributed by atoms with Crippen molar-refractivity contribution < 1.29 is 8.42 Å². The first-order valence-corrected chi connectivity index (χ1v) is 6.10. The van der Waals surface area contributed by atoms with Gasteiger partial charge in [0.1, 0.15) is 4.90 Å². The van der Waals surface area contributed by atoms with Crippen molar-refractivity contribution in [3.8, 4) is 0 Å². The standard InChI is InChI=1S/C8H15N5O2S/c1-6(2)13(3)16(14,15)7-4-10-8(12-9)11-5-7/h4-6H,9H2,1-3H3,(H,10,11,12). The summed E-state index contributed by atoms with van der Waals surface area (Å²) < 4.78 is 25.2. The molecule has 16 heavy (non-hydrogen) atoms. The number of sulfonamides is 1. The maximum atomic E-state index is 12.0. The van der Waals surface area contributed by atoms with E-state index in [0.29, 0.717) is 0 Å². The Kier molecular flexibility index (Phi) is 3.79. The highest BCUT2D eigenvalue weighted by Crippen LogP contribution is 2.14. The molecule has 90 valence electrons. The van der Waals surface area contributed by atoms with Crippen LogP contribution in [0, 0.1) is 0 Å². The number of hydrogen-bond donors (Lipinski definition) is 2. The summed E-state index contributed by atoms with van der Waals surface area (Å²) in [5.74, 6) is 5.25. The third-order valence-electron chi connectivity index (χ3n) is 2.16. The molecule has 8 heteroatoms. The summed E-state index contributed by atoms with van der Waals surface area (Å²) in [5, 5.41) is 0. The molecule has 1 aromatic heterocycles. The largest absolute Gasteiger partial charge is 0.292 e. The van der Waals surface area contributed by atoms with Crippen LogP contribution in [0.3, 0.4) is 0 Å². The highest BCUT2D eigenvalue weighted by atomic mass is 32.2. The van der Waals surface area contributed by atoms with Crippen LogP contribution < -0.4 is 11.3 Å². The second kappa shape index (κ2) is 4.73. The highest BCUT2D eigenvalue weighted by molar-refractivity contribution is 7.89. The molecule has 0 bridgehead atoms. The van der Waals surface area contributed by atoms with Gasteiger partial charge in [-0.3, -0.25) is 5.43 Å². The van der Waals surface area contributed by atoms with Crippen LogP contribution in [0.5, 0.6) is 0 Å². The smallest absolute Gasteiger partial charge is 0.246 e. The van der Waals surface area contributed by atoms with E-state index in [2.05, 4.69) is 15.4 Å². The lowest BCUT2D eigenvalue weighted by molar-refractivity contribution is 0.410. The van der Waals surface area contributed by atoms with E-state index in [1.807, 2.05) is 0 Å². The Morgan fingerprint density at radius 3 is 2.25 bits per heavy atom. The van der Waals surface area contributed by atoms with Gasteiger partial charge in [0.05, 0.1) is 12.4 Å². The zero-order valence-corrected chi connectivity index (χ0v) is 10.2. The molecule has 0 aliphatic heterocycles. The van der Waals surface area contributed by atoms with E-state index in [1.54, 1.807) is 13.8 Å². The summed E-state index contributed by atoms with van der Waals surface area (Å²) >= 11 is 0. The van der Waals surface area contributed by atoms with Crippen LogP contribution in [0.15, 0.2) is 17.3 Å². The molecule has 7 nitrogen and oxygen atoms in total. The second-order valence-electron chi connectivity index (χ2n) is 3.50. The maximum absolute atomic E-state index is 12.0. The fourth-order valence-corrected chi connectivity index (χ4v) is 2.23. The van der Waals surface area contributed by atoms with Crippen molar-refractivity contribution >= 4 is 16.0 Å². The molecule has 1 heterocycles. The summed E-state index contributed by atoms with van der Waals surface area (Å²) in [6.07, 6.45) is 2.44. The van der Waals surface area contributed by atoms with Gasteiger partial charge in [0, 0.05) is 13.1 Å². The van der Waals surface area contributed by atoms with Crippen LogP contribution in [-0.2, 0) is 10.0 Å². The SMILES string of the molecule is CC(C)N(C)S(=O)(=O)c1cnc(NN)nc1. The van der Waals surface area contributed by atoms with Crippen LogP contribution in [-0.4, -0.2) is 35.8 Å². The first kappa shape index (κ1) is 12.8. The summed E-state index contributed by atoms with van der Waals surface area (Å²) in [4.78, 5) is 7.55. The molecule has 0 saturated heterocycles. The molecule has 0 radical (unpaired) electrons. The first-order chi connectivity index (χ1) is 7.39. The predicted octanol–water partition coefficient (Wildman–Crippen LogP) is -0.209. The molecular formula is C8H15N5O2S. The van der Waals surface area contributed by atoms with Gasteiger partial charge in [-0.1, -0.05) is 0 Å². The Labute approximate surface area is 94.7 Å². The maximum Gasteiger partial charge on any atom is 0.246 e. The minimum atomic E-state index is -3.52. The molecule has 0 amide bonds. The summed E-state index contributed by atoms with van der Waals surface area (Å²) in [7, 11) is -2.01. The summed E-state index contributed by atoms with van der Waals surface area (Å²) in [6.45, 7) is 3.57. The topological polar surface area (TPSA) is 101 Å². The summed E-state index contributed by atoms with van der Waals surface area (Å²) in [5.41, 5.74) is 2.23. The van der Waals surface area contributed by atoms with Crippen LogP contribution in [0.2, 0.25) is 0 Å². The van der Waals surface area contributed by atoms with E-state index in [-0.39, 0.29) is 16.9 Å². The minimum Gasteiger partial charge on any atom is -0.292 e. The van der Waals surface area contributed by atoms with Crippen LogP contribution >= 0.6 is 0 Å². The van der Waals surface area contributed by atoms with Crippen molar-refractivity contribution in [3.05, 3.63) is 12.4 Å². The third kappa shape index (κ3) is 2.46. The number of hydrogen-bond acceptors (Lipinski definition) is 6. The van der Waals surface area contributed by atoms with E-state index in [1.165, 1.54) is 23.7 Å². The highest BCUT2D eigenvalue weighted by Gasteiger charge is 2.23. The fraction of sp³-hybridized carbons (Fsp3) is 0.500. The molecule has 0 aromatic carbocycles. The number of aromatic nitrogens is 2. The Bertz CT molecular complexity index is 442. The number of hydrazine groups is 1. The van der Waals surface area contributed by atoms with Gasteiger partial charge in [0.15, 0.2) is 0 Å². The fourth-order valence-electron chi connectivity index (χ4n) is 0.968. The van der Waals surface area contributed by atoms with Crippen molar-refractivity contribution in [1.29, 1.82) is 0 Å². The number of nitrogens with two attached hydrogens (primary N) is 1. The molecule has 0 atom stereocenters. The minimum absolute atomic E-state index is 0.0442.